The van der Waals surface area contributed by atoms with Crippen LogP contribution in [-0.2, 0) is 20.7 Å². The van der Waals surface area contributed by atoms with Crippen molar-refractivity contribution < 1.29 is 28.5 Å². The van der Waals surface area contributed by atoms with Crippen molar-refractivity contribution in [3.05, 3.63) is 63.9 Å². The van der Waals surface area contributed by atoms with Crippen LogP contribution >= 0.6 is 0 Å². The number of nitrogens with zero attached hydrogens (tertiary/aromatic N) is 1. The van der Waals surface area contributed by atoms with Gasteiger partial charge in [0.25, 0.3) is 5.91 Å². The maximum Gasteiger partial charge on any atom is 0.433 e. The van der Waals surface area contributed by atoms with Gasteiger partial charge in [0.05, 0.1) is 12.1 Å². The van der Waals surface area contributed by atoms with E-state index in [0.717, 1.165) is 17.7 Å². The smallest absolute Gasteiger partial charge is 0.433 e. The number of carbonyl (C=O) groups is 3. The fourth-order valence-corrected chi connectivity index (χ4v) is 2.12. The Morgan fingerprint density at radius 2 is 1.88 bits per heavy atom. The molecule has 9 heteroatoms. The first kappa shape index (κ1) is 18.8. The molecule has 9 nitrogen and oxygen atoms in total. The van der Waals surface area contributed by atoms with Crippen LogP contribution in [0.5, 0.6) is 0 Å². The molecule has 0 bridgehead atoms. The molecule has 1 atom stereocenters. The van der Waals surface area contributed by atoms with Gasteiger partial charge in [-0.05, 0) is 25.0 Å². The molecule has 0 aliphatic heterocycles. The molecule has 0 spiro atoms. The standard InChI is InChI=1S/C17H16N2O7/c1-11(20)13(9-12-5-3-2-4-6-12)18-15(21)10-25-17(22)14-7-8-16(26-14)19(23)24/h2-8,13H,9-10H2,1H3,(H,18,21)/t13-/m1/s1. The Labute approximate surface area is 148 Å². The Morgan fingerprint density at radius 1 is 1.19 bits per heavy atom. The van der Waals surface area contributed by atoms with Gasteiger partial charge in [-0.25, -0.2) is 4.79 Å². The van der Waals surface area contributed by atoms with Crippen molar-refractivity contribution >= 4 is 23.5 Å². The molecule has 1 amide bonds. The Hall–Kier alpha value is -3.49. The third-order valence-corrected chi connectivity index (χ3v) is 3.42. The Bertz CT molecular complexity index is 814. The molecule has 0 saturated carbocycles. The van der Waals surface area contributed by atoms with Gasteiger partial charge in [0.1, 0.15) is 4.92 Å². The number of nitro groups is 1. The second-order valence-electron chi connectivity index (χ2n) is 5.39. The zero-order chi connectivity index (χ0) is 19.1. The third-order valence-electron chi connectivity index (χ3n) is 3.42. The average molecular weight is 360 g/mol. The van der Waals surface area contributed by atoms with E-state index < -0.39 is 41.1 Å². The lowest BCUT2D eigenvalue weighted by molar-refractivity contribution is -0.402. The summed E-state index contributed by atoms with van der Waals surface area (Å²) in [5.74, 6) is -2.93. The van der Waals surface area contributed by atoms with E-state index in [9.17, 15) is 24.5 Å². The summed E-state index contributed by atoms with van der Waals surface area (Å²) in [5, 5.41) is 13.0. The highest BCUT2D eigenvalue weighted by Crippen LogP contribution is 2.16. The summed E-state index contributed by atoms with van der Waals surface area (Å²) in [5.41, 5.74) is 0.868. The van der Waals surface area contributed by atoms with Gasteiger partial charge in [0.15, 0.2) is 12.4 Å². The summed E-state index contributed by atoms with van der Waals surface area (Å²) in [6.45, 7) is 0.702. The van der Waals surface area contributed by atoms with E-state index >= 15 is 0 Å². The van der Waals surface area contributed by atoms with Crippen molar-refractivity contribution in [2.24, 2.45) is 0 Å². The van der Waals surface area contributed by atoms with E-state index in [1.165, 1.54) is 6.92 Å². The molecular weight excluding hydrogens is 344 g/mol. The lowest BCUT2D eigenvalue weighted by Gasteiger charge is -2.16. The van der Waals surface area contributed by atoms with Crippen LogP contribution in [0, 0.1) is 10.1 Å². The fraction of sp³-hybridized carbons (Fsp3) is 0.235. The summed E-state index contributed by atoms with van der Waals surface area (Å²) in [6.07, 6.45) is 0.306. The molecule has 1 aromatic heterocycles. The second-order valence-corrected chi connectivity index (χ2v) is 5.39. The maximum absolute atomic E-state index is 11.9. The van der Waals surface area contributed by atoms with Crippen LogP contribution in [0.25, 0.3) is 0 Å². The van der Waals surface area contributed by atoms with Gasteiger partial charge in [-0.1, -0.05) is 30.3 Å². The third kappa shape index (κ3) is 5.26. The summed E-state index contributed by atoms with van der Waals surface area (Å²) >= 11 is 0. The first-order valence-electron chi connectivity index (χ1n) is 7.62. The molecule has 1 aromatic carbocycles. The molecule has 0 radical (unpaired) electrons. The van der Waals surface area contributed by atoms with E-state index in [1.54, 1.807) is 0 Å². The molecule has 2 aromatic rings. The molecule has 0 fully saturated rings. The number of esters is 1. The maximum atomic E-state index is 11.9. The Kier molecular flexibility index (Phi) is 6.20. The molecule has 1 N–H and O–H groups in total. The van der Waals surface area contributed by atoms with Crippen LogP contribution in [0.4, 0.5) is 5.88 Å². The predicted molar refractivity (Wildman–Crippen MR) is 88.4 cm³/mol. The molecule has 0 aliphatic carbocycles. The number of carbonyl (C=O) groups excluding carboxylic acids is 3. The lowest BCUT2D eigenvalue weighted by Crippen LogP contribution is -2.43. The van der Waals surface area contributed by atoms with Gasteiger partial charge in [-0.2, -0.15) is 0 Å². The predicted octanol–water partition coefficient (Wildman–Crippen LogP) is 1.66. The van der Waals surface area contributed by atoms with Gasteiger partial charge in [-0.15, -0.1) is 0 Å². The van der Waals surface area contributed by atoms with Crippen molar-refractivity contribution in [2.45, 2.75) is 19.4 Å². The fourth-order valence-electron chi connectivity index (χ4n) is 2.12. The lowest BCUT2D eigenvalue weighted by atomic mass is 10.0. The highest BCUT2D eigenvalue weighted by atomic mass is 16.7. The minimum atomic E-state index is -1.02. The van der Waals surface area contributed by atoms with Gasteiger partial charge in [0.2, 0.25) is 5.76 Å². The Morgan fingerprint density at radius 3 is 2.46 bits per heavy atom. The molecule has 0 saturated heterocycles. The number of ether oxygens (including phenoxy) is 1. The Balaban J connectivity index is 1.88. The summed E-state index contributed by atoms with van der Waals surface area (Å²) in [7, 11) is 0. The number of ketones is 1. The molecular formula is C17H16N2O7. The van der Waals surface area contributed by atoms with E-state index in [-0.39, 0.29) is 5.78 Å². The van der Waals surface area contributed by atoms with E-state index in [0.29, 0.717) is 6.42 Å². The van der Waals surface area contributed by atoms with Crippen molar-refractivity contribution in [1.29, 1.82) is 0 Å². The number of hydrogen-bond donors (Lipinski definition) is 1. The van der Waals surface area contributed by atoms with Gasteiger partial charge < -0.3 is 14.5 Å². The normalized spacial score (nSPS) is 11.4. The largest absolute Gasteiger partial charge is 0.450 e. The summed E-state index contributed by atoms with van der Waals surface area (Å²) in [6, 6.07) is 10.4. The SMILES string of the molecule is CC(=O)[C@@H](Cc1ccccc1)NC(=O)COC(=O)c1ccc([N+](=O)[O-])o1. The summed E-state index contributed by atoms with van der Waals surface area (Å²) < 4.78 is 9.41. The number of hydrogen-bond acceptors (Lipinski definition) is 7. The van der Waals surface area contributed by atoms with E-state index in [2.05, 4.69) is 9.73 Å². The first-order valence-corrected chi connectivity index (χ1v) is 7.62. The van der Waals surface area contributed by atoms with Crippen LogP contribution in [0.2, 0.25) is 0 Å². The highest BCUT2D eigenvalue weighted by molar-refractivity contribution is 5.91. The molecule has 0 unspecified atom stereocenters. The first-order chi connectivity index (χ1) is 12.4. The van der Waals surface area contributed by atoms with E-state index in [1.807, 2.05) is 30.3 Å². The number of rotatable bonds is 8. The number of benzene rings is 1. The van der Waals surface area contributed by atoms with Crippen LogP contribution in [-0.4, -0.2) is 35.2 Å². The molecule has 1 heterocycles. The van der Waals surface area contributed by atoms with Crippen LogP contribution in [0.1, 0.15) is 23.0 Å². The molecule has 2 rings (SSSR count). The van der Waals surface area contributed by atoms with Crippen molar-refractivity contribution in [2.75, 3.05) is 6.61 Å². The van der Waals surface area contributed by atoms with E-state index in [4.69, 9.17) is 4.74 Å². The molecule has 0 aliphatic rings. The number of nitrogens with one attached hydrogen (secondary N) is 1. The van der Waals surface area contributed by atoms with Crippen LogP contribution < -0.4 is 5.32 Å². The van der Waals surface area contributed by atoms with Crippen molar-refractivity contribution in [1.82, 2.24) is 5.32 Å². The topological polar surface area (TPSA) is 129 Å². The number of furan rings is 1. The van der Waals surface area contributed by atoms with Crippen LogP contribution in [0.15, 0.2) is 46.9 Å². The number of amides is 1. The average Bonchev–Trinajstić information content (AvgIpc) is 3.10. The van der Waals surface area contributed by atoms with Crippen LogP contribution in [0.3, 0.4) is 0 Å². The van der Waals surface area contributed by atoms with Gasteiger partial charge in [0, 0.05) is 0 Å². The molecule has 26 heavy (non-hydrogen) atoms. The minimum absolute atomic E-state index is 0.241. The van der Waals surface area contributed by atoms with Crippen molar-refractivity contribution in [3.8, 4) is 0 Å². The quantitative estimate of drug-likeness (QED) is 0.430. The zero-order valence-corrected chi connectivity index (χ0v) is 13.8. The number of Topliss-reactive ketones (excluding diaryl/α,β-unsaturated/α-hetero) is 1. The minimum Gasteiger partial charge on any atom is -0.450 e. The second kappa shape index (κ2) is 8.56. The monoisotopic (exact) mass is 360 g/mol. The van der Waals surface area contributed by atoms with Crippen molar-refractivity contribution in [3.63, 3.8) is 0 Å². The van der Waals surface area contributed by atoms with Gasteiger partial charge >= 0.3 is 11.9 Å². The zero-order valence-electron chi connectivity index (χ0n) is 13.8. The highest BCUT2D eigenvalue weighted by Gasteiger charge is 2.21. The molecule has 136 valence electrons. The summed E-state index contributed by atoms with van der Waals surface area (Å²) in [4.78, 5) is 45.0. The van der Waals surface area contributed by atoms with Gasteiger partial charge in [-0.3, -0.25) is 19.7 Å².